The van der Waals surface area contributed by atoms with E-state index in [4.69, 9.17) is 9.47 Å². The highest BCUT2D eigenvalue weighted by molar-refractivity contribution is 5.79. The van der Waals surface area contributed by atoms with Crippen molar-refractivity contribution in [3.63, 3.8) is 0 Å². The van der Waals surface area contributed by atoms with Gasteiger partial charge >= 0.3 is 0 Å². The zero-order valence-electron chi connectivity index (χ0n) is 8.66. The number of rotatable bonds is 4. The van der Waals surface area contributed by atoms with E-state index >= 15 is 0 Å². The van der Waals surface area contributed by atoms with E-state index in [9.17, 15) is 4.79 Å². The zero-order chi connectivity index (χ0) is 10.6. The van der Waals surface area contributed by atoms with Crippen LogP contribution in [0.4, 0.5) is 0 Å². The average Bonchev–Trinajstić information content (AvgIpc) is 2.26. The summed E-state index contributed by atoms with van der Waals surface area (Å²) < 4.78 is 10.2. The number of ether oxygens (including phenoxy) is 2. The molecule has 3 nitrogen and oxygen atoms in total. The van der Waals surface area contributed by atoms with Crippen molar-refractivity contribution in [1.29, 1.82) is 0 Å². The van der Waals surface area contributed by atoms with Crippen molar-refractivity contribution in [1.82, 2.24) is 0 Å². The molecular formula is C11H14O3. The molecule has 3 heteroatoms. The second-order valence-corrected chi connectivity index (χ2v) is 2.87. The normalized spacial score (nSPS) is 9.64. The molecular weight excluding hydrogens is 180 g/mol. The van der Waals surface area contributed by atoms with Crippen LogP contribution >= 0.6 is 0 Å². The van der Waals surface area contributed by atoms with Gasteiger partial charge in [-0.05, 0) is 12.5 Å². The lowest BCUT2D eigenvalue weighted by Gasteiger charge is -2.11. The Morgan fingerprint density at radius 1 is 1.29 bits per heavy atom. The first kappa shape index (κ1) is 10.6. The number of hydrogen-bond donors (Lipinski definition) is 0. The number of aldehydes is 1. The number of carbonyl (C=O) groups excluding carboxylic acids is 1. The molecule has 0 bridgehead atoms. The van der Waals surface area contributed by atoms with E-state index in [1.165, 1.54) is 0 Å². The minimum Gasteiger partial charge on any atom is -0.497 e. The second-order valence-electron chi connectivity index (χ2n) is 2.87. The molecule has 1 rings (SSSR count). The minimum absolute atomic E-state index is 0.628. The fourth-order valence-corrected chi connectivity index (χ4v) is 1.42. The summed E-state index contributed by atoms with van der Waals surface area (Å²) in [6, 6.07) is 3.50. The van der Waals surface area contributed by atoms with Gasteiger partial charge in [0, 0.05) is 17.2 Å². The third kappa shape index (κ3) is 1.87. The summed E-state index contributed by atoms with van der Waals surface area (Å²) in [6.45, 7) is 1.98. The van der Waals surface area contributed by atoms with Crippen LogP contribution in [-0.4, -0.2) is 20.5 Å². The Morgan fingerprint density at radius 3 is 2.43 bits per heavy atom. The van der Waals surface area contributed by atoms with Crippen LogP contribution < -0.4 is 9.47 Å². The zero-order valence-corrected chi connectivity index (χ0v) is 8.66. The molecule has 1 aromatic carbocycles. The highest BCUT2D eigenvalue weighted by atomic mass is 16.5. The summed E-state index contributed by atoms with van der Waals surface area (Å²) in [6.07, 6.45) is 1.59. The first-order valence-corrected chi connectivity index (χ1v) is 4.46. The molecule has 0 aliphatic rings. The molecule has 0 amide bonds. The van der Waals surface area contributed by atoms with E-state index < -0.39 is 0 Å². The number of methoxy groups -OCH3 is 2. The average molecular weight is 194 g/mol. The summed E-state index contributed by atoms with van der Waals surface area (Å²) in [5.41, 5.74) is 1.55. The third-order valence-corrected chi connectivity index (χ3v) is 2.15. The summed E-state index contributed by atoms with van der Waals surface area (Å²) >= 11 is 0. The fourth-order valence-electron chi connectivity index (χ4n) is 1.42. The van der Waals surface area contributed by atoms with Gasteiger partial charge in [-0.3, -0.25) is 4.79 Å². The minimum atomic E-state index is 0.628. The molecule has 0 fully saturated rings. The van der Waals surface area contributed by atoms with Crippen molar-refractivity contribution in [3.8, 4) is 11.5 Å². The molecule has 14 heavy (non-hydrogen) atoms. The van der Waals surface area contributed by atoms with Gasteiger partial charge in [-0.2, -0.15) is 0 Å². The maximum absolute atomic E-state index is 10.8. The largest absolute Gasteiger partial charge is 0.497 e. The Kier molecular flexibility index (Phi) is 3.51. The van der Waals surface area contributed by atoms with Crippen molar-refractivity contribution < 1.29 is 14.3 Å². The fraction of sp³-hybridized carbons (Fsp3) is 0.364. The highest BCUT2D eigenvalue weighted by Gasteiger charge is 2.09. The lowest BCUT2D eigenvalue weighted by molar-refractivity contribution is 0.112. The first-order valence-electron chi connectivity index (χ1n) is 4.46. The standard InChI is InChI=1S/C11H14O3/c1-4-10-8(7-12)5-9(13-2)6-11(10)14-3/h5-7H,4H2,1-3H3. The summed E-state index contributed by atoms with van der Waals surface area (Å²) in [5, 5.41) is 0. The third-order valence-electron chi connectivity index (χ3n) is 2.15. The molecule has 0 N–H and O–H groups in total. The van der Waals surface area contributed by atoms with Gasteiger partial charge in [0.25, 0.3) is 0 Å². The molecule has 0 aromatic heterocycles. The predicted molar refractivity (Wildman–Crippen MR) is 54.3 cm³/mol. The molecule has 0 saturated carbocycles. The highest BCUT2D eigenvalue weighted by Crippen LogP contribution is 2.28. The molecule has 0 aliphatic heterocycles. The van der Waals surface area contributed by atoms with Crippen LogP contribution in [0.2, 0.25) is 0 Å². The van der Waals surface area contributed by atoms with Crippen molar-refractivity contribution in [2.75, 3.05) is 14.2 Å². The molecule has 76 valence electrons. The Hall–Kier alpha value is -1.51. The van der Waals surface area contributed by atoms with E-state index in [2.05, 4.69) is 0 Å². The van der Waals surface area contributed by atoms with Crippen LogP contribution in [0, 0.1) is 0 Å². The van der Waals surface area contributed by atoms with E-state index in [0.717, 1.165) is 18.3 Å². The van der Waals surface area contributed by atoms with E-state index in [-0.39, 0.29) is 0 Å². The summed E-state index contributed by atoms with van der Waals surface area (Å²) in [7, 11) is 3.15. The summed E-state index contributed by atoms with van der Waals surface area (Å²) in [4.78, 5) is 10.8. The van der Waals surface area contributed by atoms with Crippen LogP contribution in [-0.2, 0) is 6.42 Å². The molecule has 0 saturated heterocycles. The smallest absolute Gasteiger partial charge is 0.150 e. The van der Waals surface area contributed by atoms with Gasteiger partial charge in [0.05, 0.1) is 14.2 Å². The number of benzene rings is 1. The monoisotopic (exact) mass is 194 g/mol. The van der Waals surface area contributed by atoms with E-state index in [0.29, 0.717) is 17.1 Å². The Labute approximate surface area is 83.6 Å². The van der Waals surface area contributed by atoms with Crippen LogP contribution in [0.3, 0.4) is 0 Å². The van der Waals surface area contributed by atoms with Crippen LogP contribution in [0.5, 0.6) is 11.5 Å². The van der Waals surface area contributed by atoms with Crippen molar-refractivity contribution in [2.45, 2.75) is 13.3 Å². The van der Waals surface area contributed by atoms with E-state index in [1.807, 2.05) is 6.92 Å². The number of hydrogen-bond acceptors (Lipinski definition) is 3. The molecule has 1 aromatic rings. The van der Waals surface area contributed by atoms with Gasteiger partial charge in [0.1, 0.15) is 11.5 Å². The van der Waals surface area contributed by atoms with Crippen molar-refractivity contribution >= 4 is 6.29 Å². The Balaban J connectivity index is 3.31. The van der Waals surface area contributed by atoms with Gasteiger partial charge in [-0.15, -0.1) is 0 Å². The van der Waals surface area contributed by atoms with Crippen molar-refractivity contribution in [3.05, 3.63) is 23.3 Å². The van der Waals surface area contributed by atoms with Gasteiger partial charge in [-0.1, -0.05) is 6.92 Å². The topological polar surface area (TPSA) is 35.5 Å². The molecule has 0 spiro atoms. The van der Waals surface area contributed by atoms with Gasteiger partial charge in [0.15, 0.2) is 6.29 Å². The predicted octanol–water partition coefficient (Wildman–Crippen LogP) is 2.08. The molecule has 0 aliphatic carbocycles. The Bertz CT molecular complexity index is 332. The second kappa shape index (κ2) is 4.65. The van der Waals surface area contributed by atoms with Crippen molar-refractivity contribution in [2.24, 2.45) is 0 Å². The van der Waals surface area contributed by atoms with Gasteiger partial charge in [0.2, 0.25) is 0 Å². The van der Waals surface area contributed by atoms with E-state index in [1.54, 1.807) is 26.4 Å². The lowest BCUT2D eigenvalue weighted by Crippen LogP contribution is -1.98. The SMILES string of the molecule is CCc1c(C=O)cc(OC)cc1OC. The molecule has 0 unspecified atom stereocenters. The molecule has 0 atom stereocenters. The quantitative estimate of drug-likeness (QED) is 0.688. The first-order chi connectivity index (χ1) is 6.76. The lowest BCUT2D eigenvalue weighted by atomic mass is 10.0. The Morgan fingerprint density at radius 2 is 2.00 bits per heavy atom. The molecule has 0 radical (unpaired) electrons. The van der Waals surface area contributed by atoms with Gasteiger partial charge in [-0.25, -0.2) is 0 Å². The number of carbonyl (C=O) groups is 1. The maximum Gasteiger partial charge on any atom is 0.150 e. The summed E-state index contributed by atoms with van der Waals surface area (Å²) in [5.74, 6) is 1.34. The van der Waals surface area contributed by atoms with Crippen LogP contribution in [0.15, 0.2) is 12.1 Å². The van der Waals surface area contributed by atoms with Crippen LogP contribution in [0.1, 0.15) is 22.8 Å². The maximum atomic E-state index is 10.8. The van der Waals surface area contributed by atoms with Crippen LogP contribution in [0.25, 0.3) is 0 Å². The molecule has 0 heterocycles. The van der Waals surface area contributed by atoms with Gasteiger partial charge < -0.3 is 9.47 Å².